The summed E-state index contributed by atoms with van der Waals surface area (Å²) in [5.74, 6) is 0.533. The van der Waals surface area contributed by atoms with Crippen LogP contribution < -0.4 is 0 Å². The van der Waals surface area contributed by atoms with Crippen LogP contribution in [0.25, 0.3) is 11.2 Å². The molecule has 3 rings (SSSR count). The summed E-state index contributed by atoms with van der Waals surface area (Å²) in [6.07, 6.45) is 2.33. The van der Waals surface area contributed by atoms with Crippen LogP contribution >= 0.6 is 12.2 Å². The maximum absolute atomic E-state index is 5.64. The highest BCUT2D eigenvalue weighted by Gasteiger charge is 2.26. The second-order valence-electron chi connectivity index (χ2n) is 5.29. The van der Waals surface area contributed by atoms with Crippen LogP contribution in [0.1, 0.15) is 26.0 Å². The molecular weight excluding hydrogens is 260 g/mol. The first-order valence-electron chi connectivity index (χ1n) is 6.87. The average molecular weight is 280 g/mol. The van der Waals surface area contributed by atoms with Crippen molar-refractivity contribution in [1.82, 2.24) is 19.3 Å². The lowest BCUT2D eigenvalue weighted by molar-refractivity contribution is 0.102. The van der Waals surface area contributed by atoms with Gasteiger partial charge in [-0.3, -0.25) is 4.68 Å². The van der Waals surface area contributed by atoms with E-state index in [9.17, 15) is 0 Å². The number of nitrogens with zero attached hydrogens (tertiary/aromatic N) is 3. The van der Waals surface area contributed by atoms with Crippen LogP contribution in [0.15, 0.2) is 0 Å². The first kappa shape index (κ1) is 12.9. The smallest absolute Gasteiger partial charge is 0.179 e. The van der Waals surface area contributed by atoms with Gasteiger partial charge in [-0.2, -0.15) is 5.10 Å². The Balaban J connectivity index is 2.05. The van der Waals surface area contributed by atoms with Crippen molar-refractivity contribution in [2.45, 2.75) is 39.3 Å². The zero-order chi connectivity index (χ0) is 13.6. The van der Waals surface area contributed by atoms with E-state index in [1.165, 1.54) is 0 Å². The third kappa shape index (κ3) is 2.03. The van der Waals surface area contributed by atoms with Gasteiger partial charge in [-0.1, -0.05) is 6.92 Å². The Kier molecular flexibility index (Phi) is 3.22. The largest absolute Gasteiger partial charge is 0.378 e. The zero-order valence-electron chi connectivity index (χ0n) is 11.6. The fourth-order valence-corrected chi connectivity index (χ4v) is 3.21. The molecule has 5 nitrogen and oxygen atoms in total. The number of fused-ring (bicyclic) bond motifs is 1. The maximum Gasteiger partial charge on any atom is 0.179 e. The fourth-order valence-electron chi connectivity index (χ4n) is 2.94. The minimum Gasteiger partial charge on any atom is -0.378 e. The molecular formula is C13H20N4OS. The van der Waals surface area contributed by atoms with Crippen LogP contribution in [-0.4, -0.2) is 32.0 Å². The van der Waals surface area contributed by atoms with Crippen molar-refractivity contribution >= 4 is 23.4 Å². The number of aromatic amines is 1. The van der Waals surface area contributed by atoms with E-state index in [0.717, 1.165) is 47.6 Å². The second-order valence-corrected chi connectivity index (χ2v) is 5.67. The van der Waals surface area contributed by atoms with Gasteiger partial charge < -0.3 is 14.3 Å². The van der Waals surface area contributed by atoms with E-state index in [4.69, 9.17) is 17.0 Å². The minimum absolute atomic E-state index is 0.311. The lowest BCUT2D eigenvalue weighted by Gasteiger charge is -2.15. The number of imidazole rings is 1. The lowest BCUT2D eigenvalue weighted by Crippen LogP contribution is -2.18. The number of ether oxygens (including phenoxy) is 1. The third-order valence-electron chi connectivity index (χ3n) is 4.11. The third-order valence-corrected chi connectivity index (χ3v) is 4.43. The van der Waals surface area contributed by atoms with Gasteiger partial charge in [0.1, 0.15) is 5.52 Å². The molecule has 0 saturated carbocycles. The summed E-state index contributed by atoms with van der Waals surface area (Å²) < 4.78 is 10.5. The van der Waals surface area contributed by atoms with Gasteiger partial charge in [0.2, 0.25) is 0 Å². The van der Waals surface area contributed by atoms with Crippen LogP contribution in [0.5, 0.6) is 0 Å². The van der Waals surface area contributed by atoms with Crippen LogP contribution in [0, 0.1) is 10.7 Å². The van der Waals surface area contributed by atoms with Gasteiger partial charge in [-0.05, 0) is 32.0 Å². The van der Waals surface area contributed by atoms with E-state index in [2.05, 4.69) is 28.5 Å². The average Bonchev–Trinajstić information content (AvgIpc) is 3.00. The Hall–Kier alpha value is -1.14. The monoisotopic (exact) mass is 280 g/mol. The van der Waals surface area contributed by atoms with Crippen molar-refractivity contribution in [3.8, 4) is 0 Å². The first-order valence-corrected chi connectivity index (χ1v) is 7.28. The molecule has 1 fully saturated rings. The topological polar surface area (TPSA) is 47.8 Å². The Bertz CT molecular complexity index is 653. The van der Waals surface area contributed by atoms with E-state index < -0.39 is 0 Å². The molecule has 0 bridgehead atoms. The Morgan fingerprint density at radius 3 is 2.95 bits per heavy atom. The molecule has 19 heavy (non-hydrogen) atoms. The molecule has 0 amide bonds. The molecule has 1 aliphatic rings. The Morgan fingerprint density at radius 2 is 2.32 bits per heavy atom. The van der Waals surface area contributed by atoms with Gasteiger partial charge in [0, 0.05) is 26.1 Å². The molecule has 3 heterocycles. The zero-order valence-corrected chi connectivity index (χ0v) is 12.5. The molecule has 1 aliphatic heterocycles. The van der Waals surface area contributed by atoms with Crippen LogP contribution in [0.3, 0.4) is 0 Å². The molecule has 1 N–H and O–H groups in total. The summed E-state index contributed by atoms with van der Waals surface area (Å²) in [5.41, 5.74) is 3.26. The van der Waals surface area contributed by atoms with Crippen molar-refractivity contribution in [2.24, 2.45) is 13.0 Å². The standard InChI is InChI=1S/C13H20N4OS/c1-4-10-11-12(16(3)15-10)17(13(19)14-11)7-9-5-6-18-8(9)2/h8-9H,4-7H2,1-3H3,(H,14,19). The molecule has 2 aromatic heterocycles. The summed E-state index contributed by atoms with van der Waals surface area (Å²) in [7, 11) is 1.98. The summed E-state index contributed by atoms with van der Waals surface area (Å²) in [6, 6.07) is 0. The number of rotatable bonds is 3. The minimum atomic E-state index is 0.311. The summed E-state index contributed by atoms with van der Waals surface area (Å²) >= 11 is 5.47. The predicted octanol–water partition coefficient (Wildman–Crippen LogP) is 2.42. The molecule has 0 spiro atoms. The SMILES string of the molecule is CCc1nn(C)c2c1[nH]c(=S)n2CC1CCOC1C. The van der Waals surface area contributed by atoms with E-state index in [0.29, 0.717) is 12.0 Å². The maximum atomic E-state index is 5.64. The van der Waals surface area contributed by atoms with Crippen LogP contribution in [0.2, 0.25) is 0 Å². The van der Waals surface area contributed by atoms with Gasteiger partial charge in [-0.25, -0.2) is 0 Å². The fraction of sp³-hybridized carbons (Fsp3) is 0.692. The number of aromatic nitrogens is 4. The van der Waals surface area contributed by atoms with Gasteiger partial charge in [0.15, 0.2) is 10.4 Å². The van der Waals surface area contributed by atoms with E-state index in [1.807, 2.05) is 11.7 Å². The van der Waals surface area contributed by atoms with Crippen molar-refractivity contribution in [1.29, 1.82) is 0 Å². The number of H-pyrrole nitrogens is 1. The van der Waals surface area contributed by atoms with Crippen molar-refractivity contribution < 1.29 is 4.74 Å². The molecule has 0 aliphatic carbocycles. The molecule has 0 radical (unpaired) electrons. The highest BCUT2D eigenvalue weighted by atomic mass is 32.1. The van der Waals surface area contributed by atoms with Crippen molar-refractivity contribution in [2.75, 3.05) is 6.61 Å². The van der Waals surface area contributed by atoms with Crippen molar-refractivity contribution in [3.05, 3.63) is 10.5 Å². The molecule has 104 valence electrons. The van der Waals surface area contributed by atoms with Gasteiger partial charge >= 0.3 is 0 Å². The van der Waals surface area contributed by atoms with E-state index in [1.54, 1.807) is 0 Å². The van der Waals surface area contributed by atoms with Crippen molar-refractivity contribution in [3.63, 3.8) is 0 Å². The quantitative estimate of drug-likeness (QED) is 0.878. The molecule has 2 aromatic rings. The number of hydrogen-bond donors (Lipinski definition) is 1. The number of hydrogen-bond acceptors (Lipinski definition) is 3. The second kappa shape index (κ2) is 4.76. The highest BCUT2D eigenvalue weighted by molar-refractivity contribution is 7.71. The predicted molar refractivity (Wildman–Crippen MR) is 76.8 cm³/mol. The first-order chi connectivity index (χ1) is 9.11. The Morgan fingerprint density at radius 1 is 1.53 bits per heavy atom. The van der Waals surface area contributed by atoms with Gasteiger partial charge in [0.05, 0.1) is 11.8 Å². The molecule has 0 aromatic carbocycles. The summed E-state index contributed by atoms with van der Waals surface area (Å²) in [5, 5.41) is 4.55. The van der Waals surface area contributed by atoms with E-state index >= 15 is 0 Å². The summed E-state index contributed by atoms with van der Waals surface area (Å²) in [4.78, 5) is 3.31. The highest BCUT2D eigenvalue weighted by Crippen LogP contribution is 2.25. The molecule has 1 saturated heterocycles. The van der Waals surface area contributed by atoms with Gasteiger partial charge in [0.25, 0.3) is 0 Å². The molecule has 2 unspecified atom stereocenters. The molecule has 2 atom stereocenters. The number of aryl methyl sites for hydroxylation is 2. The number of nitrogens with one attached hydrogen (secondary N) is 1. The lowest BCUT2D eigenvalue weighted by atomic mass is 10.0. The van der Waals surface area contributed by atoms with E-state index in [-0.39, 0.29) is 0 Å². The van der Waals surface area contributed by atoms with Crippen LogP contribution in [-0.2, 0) is 24.8 Å². The Labute approximate surface area is 117 Å². The summed E-state index contributed by atoms with van der Waals surface area (Å²) in [6.45, 7) is 6.02. The molecule has 6 heteroatoms. The van der Waals surface area contributed by atoms with Crippen LogP contribution in [0.4, 0.5) is 0 Å². The normalized spacial score (nSPS) is 23.5. The van der Waals surface area contributed by atoms with Gasteiger partial charge in [-0.15, -0.1) is 0 Å².